The molecule has 3 aromatic carbocycles. The molecule has 1 saturated heterocycles. The van der Waals surface area contributed by atoms with Gasteiger partial charge < -0.3 is 24.7 Å². The SMILES string of the molecule is C[C@@H](OC(=O)c1cc(O)c2ccccc2c1O)C(=O)N1CCN(c2ccccc2)CC1. The number of ether oxygens (including phenoxy) is 1. The lowest BCUT2D eigenvalue weighted by atomic mass is 10.0. The smallest absolute Gasteiger partial charge is 0.342 e. The molecule has 160 valence electrons. The summed E-state index contributed by atoms with van der Waals surface area (Å²) in [7, 11) is 0. The van der Waals surface area contributed by atoms with E-state index in [-0.39, 0.29) is 23.0 Å². The number of anilines is 1. The Morgan fingerprint density at radius 2 is 1.52 bits per heavy atom. The van der Waals surface area contributed by atoms with Gasteiger partial charge in [0.25, 0.3) is 5.91 Å². The van der Waals surface area contributed by atoms with E-state index in [0.29, 0.717) is 37.0 Å². The number of para-hydroxylation sites is 1. The Labute approximate surface area is 180 Å². The fourth-order valence-electron chi connectivity index (χ4n) is 3.85. The summed E-state index contributed by atoms with van der Waals surface area (Å²) in [6.07, 6.45) is -1.01. The number of phenolic OH excluding ortho intramolecular Hbond substituents is 2. The molecule has 3 aromatic rings. The van der Waals surface area contributed by atoms with Gasteiger partial charge in [0.1, 0.15) is 17.1 Å². The van der Waals surface area contributed by atoms with Gasteiger partial charge in [-0.3, -0.25) is 4.79 Å². The largest absolute Gasteiger partial charge is 0.507 e. The first-order chi connectivity index (χ1) is 15.0. The maximum absolute atomic E-state index is 12.8. The summed E-state index contributed by atoms with van der Waals surface area (Å²) in [5, 5.41) is 21.4. The second-order valence-corrected chi connectivity index (χ2v) is 7.53. The topological polar surface area (TPSA) is 90.3 Å². The van der Waals surface area contributed by atoms with Crippen LogP contribution in [0.15, 0.2) is 60.7 Å². The molecule has 0 aromatic heterocycles. The van der Waals surface area contributed by atoms with Gasteiger partial charge in [-0.1, -0.05) is 42.5 Å². The lowest BCUT2D eigenvalue weighted by Crippen LogP contribution is -2.51. The van der Waals surface area contributed by atoms with E-state index in [1.807, 2.05) is 30.3 Å². The monoisotopic (exact) mass is 420 g/mol. The summed E-state index contributed by atoms with van der Waals surface area (Å²) in [5.74, 6) is -1.57. The van der Waals surface area contributed by atoms with Crippen molar-refractivity contribution >= 4 is 28.3 Å². The van der Waals surface area contributed by atoms with Crippen molar-refractivity contribution < 1.29 is 24.5 Å². The summed E-state index contributed by atoms with van der Waals surface area (Å²) in [5.41, 5.74) is 0.936. The number of phenols is 2. The van der Waals surface area contributed by atoms with Gasteiger partial charge >= 0.3 is 5.97 Å². The highest BCUT2D eigenvalue weighted by Gasteiger charge is 2.29. The fraction of sp³-hybridized carbons (Fsp3) is 0.250. The quantitative estimate of drug-likeness (QED) is 0.498. The zero-order valence-electron chi connectivity index (χ0n) is 17.2. The number of carbonyl (C=O) groups is 2. The second kappa shape index (κ2) is 8.55. The summed E-state index contributed by atoms with van der Waals surface area (Å²) in [4.78, 5) is 29.3. The van der Waals surface area contributed by atoms with E-state index in [4.69, 9.17) is 4.74 Å². The first-order valence-corrected chi connectivity index (χ1v) is 10.2. The molecule has 1 aliphatic rings. The number of piperazine rings is 1. The van der Waals surface area contributed by atoms with Gasteiger partial charge in [-0.15, -0.1) is 0 Å². The molecule has 4 rings (SSSR count). The van der Waals surface area contributed by atoms with Gasteiger partial charge in [0.15, 0.2) is 6.10 Å². The molecule has 1 heterocycles. The minimum absolute atomic E-state index is 0.142. The normalized spacial score (nSPS) is 15.0. The van der Waals surface area contributed by atoms with Crippen LogP contribution in [0.4, 0.5) is 5.69 Å². The highest BCUT2D eigenvalue weighted by atomic mass is 16.5. The summed E-state index contributed by atoms with van der Waals surface area (Å²) >= 11 is 0. The van der Waals surface area contributed by atoms with Crippen LogP contribution in [0.1, 0.15) is 17.3 Å². The van der Waals surface area contributed by atoms with Crippen LogP contribution in [0.3, 0.4) is 0 Å². The zero-order chi connectivity index (χ0) is 22.0. The van der Waals surface area contributed by atoms with E-state index in [9.17, 15) is 19.8 Å². The second-order valence-electron chi connectivity index (χ2n) is 7.53. The Kier molecular flexibility index (Phi) is 5.66. The highest BCUT2D eigenvalue weighted by Crippen LogP contribution is 2.35. The van der Waals surface area contributed by atoms with Gasteiger partial charge in [0.2, 0.25) is 0 Å². The fourth-order valence-corrected chi connectivity index (χ4v) is 3.85. The van der Waals surface area contributed by atoms with Crippen LogP contribution in [-0.4, -0.2) is 59.3 Å². The molecule has 7 nitrogen and oxygen atoms in total. The van der Waals surface area contributed by atoms with E-state index in [0.717, 1.165) is 11.8 Å². The van der Waals surface area contributed by atoms with Gasteiger partial charge in [-0.25, -0.2) is 4.79 Å². The van der Waals surface area contributed by atoms with Crippen molar-refractivity contribution in [1.82, 2.24) is 4.90 Å². The molecule has 1 amide bonds. The number of hydrogen-bond donors (Lipinski definition) is 2. The van der Waals surface area contributed by atoms with Crippen LogP contribution in [0.2, 0.25) is 0 Å². The van der Waals surface area contributed by atoms with Crippen molar-refractivity contribution in [2.75, 3.05) is 31.1 Å². The van der Waals surface area contributed by atoms with Crippen molar-refractivity contribution in [3.63, 3.8) is 0 Å². The number of esters is 1. The molecule has 31 heavy (non-hydrogen) atoms. The number of aromatic hydroxyl groups is 2. The van der Waals surface area contributed by atoms with Crippen LogP contribution in [0.5, 0.6) is 11.5 Å². The molecule has 1 atom stereocenters. The van der Waals surface area contributed by atoms with E-state index in [2.05, 4.69) is 4.90 Å². The third-order valence-corrected chi connectivity index (χ3v) is 5.56. The molecule has 1 aliphatic heterocycles. The number of carbonyl (C=O) groups excluding carboxylic acids is 2. The average Bonchev–Trinajstić information content (AvgIpc) is 2.81. The molecule has 1 fully saturated rings. The van der Waals surface area contributed by atoms with Crippen LogP contribution >= 0.6 is 0 Å². The number of rotatable bonds is 4. The maximum atomic E-state index is 12.8. The van der Waals surface area contributed by atoms with Crippen LogP contribution < -0.4 is 4.90 Å². The van der Waals surface area contributed by atoms with Gasteiger partial charge in [0.05, 0.1) is 0 Å². The first-order valence-electron chi connectivity index (χ1n) is 10.2. The van der Waals surface area contributed by atoms with Crippen LogP contribution in [-0.2, 0) is 9.53 Å². The summed E-state index contributed by atoms with van der Waals surface area (Å²) < 4.78 is 5.33. The molecular formula is C24H24N2O5. The minimum atomic E-state index is -1.01. The Balaban J connectivity index is 1.41. The van der Waals surface area contributed by atoms with Crippen molar-refractivity contribution in [2.24, 2.45) is 0 Å². The molecule has 0 bridgehead atoms. The van der Waals surface area contributed by atoms with E-state index >= 15 is 0 Å². The maximum Gasteiger partial charge on any atom is 0.342 e. The number of fused-ring (bicyclic) bond motifs is 1. The Hall–Kier alpha value is -3.74. The van der Waals surface area contributed by atoms with Crippen LogP contribution in [0.25, 0.3) is 10.8 Å². The van der Waals surface area contributed by atoms with Crippen molar-refractivity contribution in [3.05, 3.63) is 66.2 Å². The zero-order valence-corrected chi connectivity index (χ0v) is 17.2. The molecular weight excluding hydrogens is 396 g/mol. The number of hydrogen-bond acceptors (Lipinski definition) is 6. The molecule has 0 aliphatic carbocycles. The van der Waals surface area contributed by atoms with Crippen molar-refractivity contribution in [1.29, 1.82) is 0 Å². The Morgan fingerprint density at radius 1 is 0.903 bits per heavy atom. The van der Waals surface area contributed by atoms with Crippen molar-refractivity contribution in [2.45, 2.75) is 13.0 Å². The summed E-state index contributed by atoms with van der Waals surface area (Å²) in [6.45, 7) is 3.95. The minimum Gasteiger partial charge on any atom is -0.507 e. The number of nitrogens with zero attached hydrogens (tertiary/aromatic N) is 2. The third kappa shape index (κ3) is 4.12. The van der Waals surface area contributed by atoms with E-state index in [1.54, 1.807) is 29.2 Å². The Bertz CT molecular complexity index is 1110. The standard InChI is InChI=1S/C24H24N2O5/c1-16(23(29)26-13-11-25(12-14-26)17-7-3-2-4-8-17)31-24(30)20-15-21(27)18-9-5-6-10-19(18)22(20)28/h2-10,15-16,27-28H,11-14H2,1H3/t16-/m1/s1. The molecule has 0 unspecified atom stereocenters. The van der Waals surface area contributed by atoms with Crippen LogP contribution in [0, 0.1) is 0 Å². The molecule has 0 radical (unpaired) electrons. The van der Waals surface area contributed by atoms with Gasteiger partial charge in [-0.2, -0.15) is 0 Å². The van der Waals surface area contributed by atoms with E-state index in [1.165, 1.54) is 6.92 Å². The molecule has 7 heteroatoms. The third-order valence-electron chi connectivity index (χ3n) is 5.56. The molecule has 0 spiro atoms. The lowest BCUT2D eigenvalue weighted by molar-refractivity contribution is -0.140. The predicted molar refractivity (Wildman–Crippen MR) is 117 cm³/mol. The first kappa shape index (κ1) is 20.5. The predicted octanol–water partition coefficient (Wildman–Crippen LogP) is 3.15. The lowest BCUT2D eigenvalue weighted by Gasteiger charge is -2.37. The molecule has 0 saturated carbocycles. The van der Waals surface area contributed by atoms with Gasteiger partial charge in [-0.05, 0) is 25.1 Å². The molecule has 2 N–H and O–H groups in total. The number of benzene rings is 3. The van der Waals surface area contributed by atoms with Gasteiger partial charge in [0, 0.05) is 42.6 Å². The summed E-state index contributed by atoms with van der Waals surface area (Å²) in [6, 6.07) is 17.8. The average molecular weight is 420 g/mol. The Morgan fingerprint density at radius 3 is 2.19 bits per heavy atom. The van der Waals surface area contributed by atoms with Crippen molar-refractivity contribution in [3.8, 4) is 11.5 Å². The number of amides is 1. The highest BCUT2D eigenvalue weighted by molar-refractivity contribution is 6.04. The van der Waals surface area contributed by atoms with E-state index < -0.39 is 12.1 Å².